The summed E-state index contributed by atoms with van der Waals surface area (Å²) < 4.78 is 0. The second kappa shape index (κ2) is 6.00. The molecule has 2 aromatic heterocycles. The molecular weight excluding hydrogens is 272 g/mol. The van der Waals surface area contributed by atoms with Crippen molar-refractivity contribution in [3.05, 3.63) is 40.2 Å². The lowest BCUT2D eigenvalue weighted by Crippen LogP contribution is -2.36. The van der Waals surface area contributed by atoms with Gasteiger partial charge in [-0.3, -0.25) is 4.79 Å². The predicted molar refractivity (Wildman–Crippen MR) is 81.3 cm³/mol. The van der Waals surface area contributed by atoms with Gasteiger partial charge in [-0.05, 0) is 23.6 Å². The van der Waals surface area contributed by atoms with Gasteiger partial charge in [0.25, 0.3) is 5.91 Å². The molecule has 0 aliphatic rings. The number of hydrogen-bond acceptors (Lipinski definition) is 5. The van der Waals surface area contributed by atoms with E-state index < -0.39 is 0 Å². The van der Waals surface area contributed by atoms with Gasteiger partial charge in [-0.2, -0.15) is 0 Å². The molecular formula is C14H18N4OS. The Hall–Kier alpha value is -1.95. The minimum absolute atomic E-state index is 0.0951. The van der Waals surface area contributed by atoms with Crippen LogP contribution >= 0.6 is 11.3 Å². The number of anilines is 1. The van der Waals surface area contributed by atoms with E-state index >= 15 is 0 Å². The van der Waals surface area contributed by atoms with Crippen molar-refractivity contribution in [1.82, 2.24) is 15.5 Å². The van der Waals surface area contributed by atoms with Crippen molar-refractivity contribution in [2.75, 3.05) is 18.9 Å². The molecule has 5 nitrogen and oxygen atoms in total. The fourth-order valence-corrected chi connectivity index (χ4v) is 2.58. The van der Waals surface area contributed by atoms with E-state index in [-0.39, 0.29) is 11.3 Å². The normalized spacial score (nSPS) is 11.2. The van der Waals surface area contributed by atoms with Gasteiger partial charge in [-0.15, -0.1) is 21.5 Å². The number of nitrogens with one attached hydrogen (secondary N) is 2. The summed E-state index contributed by atoms with van der Waals surface area (Å²) in [6, 6.07) is 7.49. The Kier molecular flexibility index (Phi) is 4.34. The summed E-state index contributed by atoms with van der Waals surface area (Å²) in [5, 5.41) is 15.6. The maximum absolute atomic E-state index is 12.0. The molecule has 2 heterocycles. The first-order chi connectivity index (χ1) is 9.53. The summed E-state index contributed by atoms with van der Waals surface area (Å²) in [5.74, 6) is 0.435. The summed E-state index contributed by atoms with van der Waals surface area (Å²) in [7, 11) is 1.76. The number of nitrogens with zero attached hydrogens (tertiary/aromatic N) is 2. The maximum Gasteiger partial charge on any atom is 0.271 e. The molecule has 0 bridgehead atoms. The van der Waals surface area contributed by atoms with E-state index in [4.69, 9.17) is 0 Å². The van der Waals surface area contributed by atoms with Crippen molar-refractivity contribution in [2.45, 2.75) is 19.3 Å². The fourth-order valence-electron chi connectivity index (χ4n) is 1.73. The number of carbonyl (C=O) groups excluding carboxylic acids is 1. The van der Waals surface area contributed by atoms with Gasteiger partial charge in [-0.25, -0.2) is 0 Å². The first-order valence-electron chi connectivity index (χ1n) is 6.36. The van der Waals surface area contributed by atoms with Crippen molar-refractivity contribution in [2.24, 2.45) is 0 Å². The van der Waals surface area contributed by atoms with E-state index in [0.29, 0.717) is 18.1 Å². The first kappa shape index (κ1) is 14.5. The summed E-state index contributed by atoms with van der Waals surface area (Å²) in [6.07, 6.45) is 0. The zero-order chi connectivity index (χ0) is 14.6. The van der Waals surface area contributed by atoms with Crippen LogP contribution in [0.5, 0.6) is 0 Å². The van der Waals surface area contributed by atoms with Gasteiger partial charge >= 0.3 is 0 Å². The van der Waals surface area contributed by atoms with Gasteiger partial charge in [0.2, 0.25) is 0 Å². The fraction of sp³-hybridized carbons (Fsp3) is 0.357. The Morgan fingerprint density at radius 2 is 2.10 bits per heavy atom. The highest BCUT2D eigenvalue weighted by molar-refractivity contribution is 7.10. The molecule has 20 heavy (non-hydrogen) atoms. The van der Waals surface area contributed by atoms with Crippen LogP contribution in [0.1, 0.15) is 29.2 Å². The zero-order valence-electron chi connectivity index (χ0n) is 11.8. The molecule has 0 fully saturated rings. The SMILES string of the molecule is CNc1ccc(C(=O)NCC(C)(C)c2cccs2)nn1. The van der Waals surface area contributed by atoms with Crippen molar-refractivity contribution in [1.29, 1.82) is 0 Å². The topological polar surface area (TPSA) is 66.9 Å². The third-order valence-corrected chi connectivity index (χ3v) is 4.27. The molecule has 0 saturated carbocycles. The number of rotatable bonds is 5. The number of aromatic nitrogens is 2. The van der Waals surface area contributed by atoms with E-state index in [1.165, 1.54) is 4.88 Å². The molecule has 0 atom stereocenters. The molecule has 0 spiro atoms. The highest BCUT2D eigenvalue weighted by Crippen LogP contribution is 2.26. The Morgan fingerprint density at radius 1 is 1.30 bits per heavy atom. The third kappa shape index (κ3) is 3.33. The predicted octanol–water partition coefficient (Wildman–Crippen LogP) is 2.29. The largest absolute Gasteiger partial charge is 0.372 e. The summed E-state index contributed by atoms with van der Waals surface area (Å²) in [6.45, 7) is 4.77. The number of hydrogen-bond donors (Lipinski definition) is 2. The van der Waals surface area contributed by atoms with Crippen molar-refractivity contribution < 1.29 is 4.79 Å². The number of thiophene rings is 1. The molecule has 0 aliphatic carbocycles. The Balaban J connectivity index is 1.98. The maximum atomic E-state index is 12.0. The molecule has 106 valence electrons. The van der Waals surface area contributed by atoms with Crippen LogP contribution in [0.15, 0.2) is 29.6 Å². The molecule has 6 heteroatoms. The van der Waals surface area contributed by atoms with Gasteiger partial charge in [-0.1, -0.05) is 19.9 Å². The van der Waals surface area contributed by atoms with Gasteiger partial charge in [0.15, 0.2) is 5.69 Å². The second-order valence-electron chi connectivity index (χ2n) is 5.10. The van der Waals surface area contributed by atoms with Crippen LogP contribution in [0.25, 0.3) is 0 Å². The number of amides is 1. The zero-order valence-corrected chi connectivity index (χ0v) is 12.6. The van der Waals surface area contributed by atoms with Gasteiger partial charge < -0.3 is 10.6 Å². The Morgan fingerprint density at radius 3 is 2.65 bits per heavy atom. The van der Waals surface area contributed by atoms with E-state index in [2.05, 4.69) is 40.7 Å². The minimum Gasteiger partial charge on any atom is -0.372 e. The Labute approximate surface area is 122 Å². The lowest BCUT2D eigenvalue weighted by molar-refractivity contribution is 0.0940. The van der Waals surface area contributed by atoms with E-state index in [9.17, 15) is 4.79 Å². The quantitative estimate of drug-likeness (QED) is 0.886. The van der Waals surface area contributed by atoms with E-state index in [1.807, 2.05) is 11.4 Å². The standard InChI is InChI=1S/C14H18N4OS/c1-14(2,11-5-4-8-20-11)9-16-13(19)10-6-7-12(15-3)18-17-10/h4-8H,9H2,1-3H3,(H,15,18)(H,16,19). The molecule has 0 unspecified atom stereocenters. The average molecular weight is 290 g/mol. The van der Waals surface area contributed by atoms with Crippen LogP contribution in [0.4, 0.5) is 5.82 Å². The summed E-state index contributed by atoms with van der Waals surface area (Å²) >= 11 is 1.69. The van der Waals surface area contributed by atoms with Crippen molar-refractivity contribution in [3.63, 3.8) is 0 Å². The first-order valence-corrected chi connectivity index (χ1v) is 7.24. The molecule has 0 radical (unpaired) electrons. The molecule has 2 rings (SSSR count). The third-order valence-electron chi connectivity index (χ3n) is 3.03. The van der Waals surface area contributed by atoms with Crippen molar-refractivity contribution in [3.8, 4) is 0 Å². The molecule has 2 N–H and O–H groups in total. The summed E-state index contributed by atoms with van der Waals surface area (Å²) in [5.41, 5.74) is 0.230. The second-order valence-corrected chi connectivity index (χ2v) is 6.05. The lowest BCUT2D eigenvalue weighted by atomic mass is 9.91. The van der Waals surface area contributed by atoms with Crippen LogP contribution < -0.4 is 10.6 Å². The Bertz CT molecular complexity index is 563. The van der Waals surface area contributed by atoms with Crippen LogP contribution in [0, 0.1) is 0 Å². The van der Waals surface area contributed by atoms with Crippen molar-refractivity contribution >= 4 is 23.1 Å². The van der Waals surface area contributed by atoms with Crippen LogP contribution in [-0.2, 0) is 5.41 Å². The van der Waals surface area contributed by atoms with Crippen LogP contribution in [-0.4, -0.2) is 29.7 Å². The monoisotopic (exact) mass is 290 g/mol. The molecule has 2 aromatic rings. The average Bonchev–Trinajstić information content (AvgIpc) is 3.00. The van der Waals surface area contributed by atoms with Crippen LogP contribution in [0.3, 0.4) is 0 Å². The van der Waals surface area contributed by atoms with Gasteiger partial charge in [0.1, 0.15) is 5.82 Å². The highest BCUT2D eigenvalue weighted by Gasteiger charge is 2.23. The summed E-state index contributed by atoms with van der Waals surface area (Å²) in [4.78, 5) is 13.3. The van der Waals surface area contributed by atoms with Crippen LogP contribution in [0.2, 0.25) is 0 Å². The van der Waals surface area contributed by atoms with E-state index in [1.54, 1.807) is 30.5 Å². The molecule has 0 saturated heterocycles. The minimum atomic E-state index is -0.204. The smallest absolute Gasteiger partial charge is 0.271 e. The molecule has 1 amide bonds. The number of carbonyl (C=O) groups is 1. The van der Waals surface area contributed by atoms with Gasteiger partial charge in [0.05, 0.1) is 0 Å². The van der Waals surface area contributed by atoms with E-state index in [0.717, 1.165) is 0 Å². The lowest BCUT2D eigenvalue weighted by Gasteiger charge is -2.23. The molecule has 0 aliphatic heterocycles. The molecule has 0 aromatic carbocycles. The highest BCUT2D eigenvalue weighted by atomic mass is 32.1. The van der Waals surface area contributed by atoms with Gasteiger partial charge in [0, 0.05) is 23.9 Å².